The highest BCUT2D eigenvalue weighted by Gasteiger charge is 2.31. The van der Waals surface area contributed by atoms with Crippen molar-refractivity contribution in [2.45, 2.75) is 32.1 Å². The molecule has 0 saturated heterocycles. The van der Waals surface area contributed by atoms with Gasteiger partial charge in [0.25, 0.3) is 5.91 Å². The summed E-state index contributed by atoms with van der Waals surface area (Å²) in [4.78, 5) is 12.1. The first kappa shape index (κ1) is 14.7. The van der Waals surface area contributed by atoms with Crippen molar-refractivity contribution in [1.29, 1.82) is 0 Å². The number of hydrogen-bond acceptors (Lipinski definition) is 4. The van der Waals surface area contributed by atoms with E-state index in [9.17, 15) is 15.0 Å². The van der Waals surface area contributed by atoms with E-state index < -0.39 is 0 Å². The van der Waals surface area contributed by atoms with Crippen molar-refractivity contribution in [2.75, 3.05) is 13.1 Å². The van der Waals surface area contributed by atoms with Crippen LogP contribution in [0.25, 0.3) is 0 Å². The zero-order valence-electron chi connectivity index (χ0n) is 11.6. The van der Waals surface area contributed by atoms with Crippen molar-refractivity contribution in [3.8, 4) is 11.5 Å². The van der Waals surface area contributed by atoms with Crippen LogP contribution in [0, 0.1) is 5.41 Å². The molecule has 0 radical (unpaired) electrons. The highest BCUT2D eigenvalue weighted by molar-refractivity contribution is 5.97. The Morgan fingerprint density at radius 1 is 1.25 bits per heavy atom. The van der Waals surface area contributed by atoms with Gasteiger partial charge in [0, 0.05) is 12.6 Å². The summed E-state index contributed by atoms with van der Waals surface area (Å²) in [6, 6.07) is 3.96. The molecule has 0 spiro atoms. The Kier molecular flexibility index (Phi) is 4.49. The summed E-state index contributed by atoms with van der Waals surface area (Å²) in [5.74, 6) is -0.612. The highest BCUT2D eigenvalue weighted by atomic mass is 16.3. The minimum absolute atomic E-state index is 0.0134. The Hall–Kier alpha value is -1.75. The Morgan fingerprint density at radius 3 is 2.55 bits per heavy atom. The Bertz CT molecular complexity index is 482. The largest absolute Gasteiger partial charge is 0.508 e. The molecule has 1 saturated carbocycles. The summed E-state index contributed by atoms with van der Waals surface area (Å²) in [6.45, 7) is 1.09. The van der Waals surface area contributed by atoms with Gasteiger partial charge in [-0.05, 0) is 36.9 Å². The first-order valence-electron chi connectivity index (χ1n) is 7.07. The number of hydrogen-bond donors (Lipinski definition) is 4. The van der Waals surface area contributed by atoms with Crippen LogP contribution in [-0.2, 0) is 0 Å². The van der Waals surface area contributed by atoms with Crippen LogP contribution in [0.5, 0.6) is 11.5 Å². The van der Waals surface area contributed by atoms with Crippen molar-refractivity contribution >= 4 is 5.91 Å². The van der Waals surface area contributed by atoms with E-state index in [4.69, 9.17) is 5.73 Å². The number of nitrogens with two attached hydrogens (primary N) is 1. The van der Waals surface area contributed by atoms with Crippen LogP contribution in [0.3, 0.4) is 0 Å². The Balaban J connectivity index is 2.00. The highest BCUT2D eigenvalue weighted by Crippen LogP contribution is 2.34. The molecule has 0 unspecified atom stereocenters. The van der Waals surface area contributed by atoms with Gasteiger partial charge in [0.05, 0.1) is 5.56 Å². The second-order valence-electron chi connectivity index (χ2n) is 5.65. The smallest absolute Gasteiger partial charge is 0.255 e. The van der Waals surface area contributed by atoms with Gasteiger partial charge < -0.3 is 21.3 Å². The van der Waals surface area contributed by atoms with Crippen molar-refractivity contribution in [3.63, 3.8) is 0 Å². The van der Waals surface area contributed by atoms with Crippen molar-refractivity contribution < 1.29 is 15.0 Å². The molecule has 5 nitrogen and oxygen atoms in total. The SMILES string of the molecule is NCC1(CNC(=O)c2ccc(O)cc2O)CCCCC1. The fraction of sp³-hybridized carbons (Fsp3) is 0.533. The molecular weight excluding hydrogens is 256 g/mol. The van der Waals surface area contributed by atoms with E-state index in [-0.39, 0.29) is 28.4 Å². The maximum absolute atomic E-state index is 12.1. The van der Waals surface area contributed by atoms with Crippen LogP contribution < -0.4 is 11.1 Å². The van der Waals surface area contributed by atoms with Crippen LogP contribution in [0.1, 0.15) is 42.5 Å². The zero-order chi connectivity index (χ0) is 14.6. The molecule has 2 rings (SSSR count). The quantitative estimate of drug-likeness (QED) is 0.674. The Morgan fingerprint density at radius 2 is 1.95 bits per heavy atom. The predicted molar refractivity (Wildman–Crippen MR) is 76.7 cm³/mol. The third-order valence-electron chi connectivity index (χ3n) is 4.20. The summed E-state index contributed by atoms with van der Waals surface area (Å²) >= 11 is 0. The van der Waals surface area contributed by atoms with Gasteiger partial charge in [-0.3, -0.25) is 4.79 Å². The van der Waals surface area contributed by atoms with Crippen molar-refractivity contribution in [3.05, 3.63) is 23.8 Å². The van der Waals surface area contributed by atoms with Gasteiger partial charge in [-0.15, -0.1) is 0 Å². The number of carbonyl (C=O) groups excluding carboxylic acids is 1. The molecule has 1 aliphatic carbocycles. The first-order chi connectivity index (χ1) is 9.56. The third-order valence-corrected chi connectivity index (χ3v) is 4.20. The van der Waals surface area contributed by atoms with E-state index in [1.807, 2.05) is 0 Å². The summed E-state index contributed by atoms with van der Waals surface area (Å²) < 4.78 is 0. The lowest BCUT2D eigenvalue weighted by atomic mass is 9.74. The van der Waals surface area contributed by atoms with Gasteiger partial charge in [0.2, 0.25) is 0 Å². The zero-order valence-corrected chi connectivity index (χ0v) is 11.6. The third kappa shape index (κ3) is 3.22. The second kappa shape index (κ2) is 6.13. The van der Waals surface area contributed by atoms with E-state index >= 15 is 0 Å². The normalized spacial score (nSPS) is 17.6. The van der Waals surface area contributed by atoms with E-state index in [0.29, 0.717) is 13.1 Å². The van der Waals surface area contributed by atoms with Crippen LogP contribution in [-0.4, -0.2) is 29.2 Å². The van der Waals surface area contributed by atoms with Crippen LogP contribution >= 0.6 is 0 Å². The molecule has 0 atom stereocenters. The number of phenolic OH excluding ortho intramolecular Hbond substituents is 2. The van der Waals surface area contributed by atoms with E-state index in [0.717, 1.165) is 31.7 Å². The van der Waals surface area contributed by atoms with Gasteiger partial charge in [-0.25, -0.2) is 0 Å². The minimum Gasteiger partial charge on any atom is -0.508 e. The molecule has 1 aromatic rings. The van der Waals surface area contributed by atoms with Gasteiger partial charge in [-0.2, -0.15) is 0 Å². The number of amides is 1. The molecule has 20 heavy (non-hydrogen) atoms. The number of benzene rings is 1. The topological polar surface area (TPSA) is 95.6 Å². The molecule has 1 fully saturated rings. The lowest BCUT2D eigenvalue weighted by Crippen LogP contribution is -2.43. The molecule has 5 N–H and O–H groups in total. The molecule has 1 aromatic carbocycles. The molecule has 1 amide bonds. The number of phenols is 2. The standard InChI is InChI=1S/C15H22N2O3/c16-9-15(6-2-1-3-7-15)10-17-14(20)12-5-4-11(18)8-13(12)19/h4-5,8,18-19H,1-3,6-7,9-10,16H2,(H,17,20). The van der Waals surface area contributed by atoms with Crippen LogP contribution in [0.15, 0.2) is 18.2 Å². The molecule has 0 aliphatic heterocycles. The fourth-order valence-electron chi connectivity index (χ4n) is 2.83. The van der Waals surface area contributed by atoms with E-state index in [1.165, 1.54) is 18.6 Å². The second-order valence-corrected chi connectivity index (χ2v) is 5.65. The number of carbonyl (C=O) groups is 1. The maximum Gasteiger partial charge on any atom is 0.255 e. The van der Waals surface area contributed by atoms with Crippen molar-refractivity contribution in [2.24, 2.45) is 11.1 Å². The van der Waals surface area contributed by atoms with Gasteiger partial charge >= 0.3 is 0 Å². The molecule has 0 bridgehead atoms. The maximum atomic E-state index is 12.1. The van der Waals surface area contributed by atoms with Gasteiger partial charge in [-0.1, -0.05) is 19.3 Å². The lowest BCUT2D eigenvalue weighted by molar-refractivity contribution is 0.0911. The minimum atomic E-state index is -0.333. The van der Waals surface area contributed by atoms with Crippen LogP contribution in [0.4, 0.5) is 0 Å². The summed E-state index contributed by atoms with van der Waals surface area (Å²) in [5.41, 5.74) is 6.04. The van der Waals surface area contributed by atoms with Gasteiger partial charge in [0.15, 0.2) is 0 Å². The lowest BCUT2D eigenvalue weighted by Gasteiger charge is -2.36. The van der Waals surface area contributed by atoms with Crippen LogP contribution in [0.2, 0.25) is 0 Å². The number of rotatable bonds is 4. The molecule has 1 aliphatic rings. The average Bonchev–Trinajstić information content (AvgIpc) is 2.46. The number of aromatic hydroxyl groups is 2. The fourth-order valence-corrected chi connectivity index (χ4v) is 2.83. The summed E-state index contributed by atoms with van der Waals surface area (Å²) in [6.07, 6.45) is 5.60. The molecule has 110 valence electrons. The molecular formula is C15H22N2O3. The molecule has 5 heteroatoms. The van der Waals surface area contributed by atoms with Crippen molar-refractivity contribution in [1.82, 2.24) is 5.32 Å². The van der Waals surface area contributed by atoms with Gasteiger partial charge in [0.1, 0.15) is 11.5 Å². The molecule has 0 heterocycles. The monoisotopic (exact) mass is 278 g/mol. The predicted octanol–water partition coefficient (Wildman–Crippen LogP) is 1.74. The summed E-state index contributed by atoms with van der Waals surface area (Å²) in [5, 5.41) is 21.8. The summed E-state index contributed by atoms with van der Waals surface area (Å²) in [7, 11) is 0. The Labute approximate surface area is 118 Å². The first-order valence-corrected chi connectivity index (χ1v) is 7.07. The van der Waals surface area contributed by atoms with E-state index in [2.05, 4.69) is 5.32 Å². The average molecular weight is 278 g/mol. The number of nitrogens with one attached hydrogen (secondary N) is 1. The molecule has 0 aromatic heterocycles. The van der Waals surface area contributed by atoms with E-state index in [1.54, 1.807) is 0 Å².